The molecule has 0 amide bonds. The summed E-state index contributed by atoms with van der Waals surface area (Å²) in [5.74, 6) is 0.753. The van der Waals surface area contributed by atoms with Crippen LogP contribution in [0.1, 0.15) is 5.56 Å². The highest BCUT2D eigenvalue weighted by molar-refractivity contribution is 6.03. The molecule has 5 rings (SSSR count). The predicted octanol–water partition coefficient (Wildman–Crippen LogP) is 6.64. The fraction of sp³-hybridized carbons (Fsp3) is 0.0690. The lowest BCUT2D eigenvalue weighted by Crippen LogP contribution is -2.21. The molecule has 0 unspecified atom stereocenters. The molecule has 32 heavy (non-hydrogen) atoms. The second-order valence-corrected chi connectivity index (χ2v) is 7.84. The highest BCUT2D eigenvalue weighted by Crippen LogP contribution is 2.38. The van der Waals surface area contributed by atoms with Crippen LogP contribution >= 0.6 is 0 Å². The quantitative estimate of drug-likeness (QED) is 0.328. The van der Waals surface area contributed by atoms with Crippen LogP contribution in [0.25, 0.3) is 38.8 Å². The average molecular weight is 418 g/mol. The van der Waals surface area contributed by atoms with Crippen molar-refractivity contribution < 1.29 is 4.74 Å². The normalized spacial score (nSPS) is 10.9. The van der Waals surface area contributed by atoms with Crippen molar-refractivity contribution in [2.45, 2.75) is 6.92 Å². The van der Waals surface area contributed by atoms with E-state index in [-0.39, 0.29) is 5.56 Å². The molecule has 156 valence electrons. The first-order valence-electron chi connectivity index (χ1n) is 10.6. The van der Waals surface area contributed by atoms with Gasteiger partial charge in [-0.05, 0) is 53.8 Å². The summed E-state index contributed by atoms with van der Waals surface area (Å²) in [4.78, 5) is 13.9. The molecule has 0 radical (unpaired) electrons. The molecule has 0 spiro atoms. The predicted molar refractivity (Wildman–Crippen MR) is 132 cm³/mol. The number of benzene rings is 4. The lowest BCUT2D eigenvalue weighted by Gasteiger charge is -2.21. The lowest BCUT2D eigenvalue weighted by atomic mass is 9.92. The van der Waals surface area contributed by atoms with Gasteiger partial charge in [-0.15, -0.1) is 0 Å². The summed E-state index contributed by atoms with van der Waals surface area (Å²) in [6.07, 6.45) is 0. The Morgan fingerprint density at radius 2 is 1.31 bits per heavy atom. The van der Waals surface area contributed by atoms with Crippen LogP contribution in [0.15, 0.2) is 108 Å². The van der Waals surface area contributed by atoms with E-state index in [9.17, 15) is 4.79 Å². The smallest absolute Gasteiger partial charge is 0.263 e. The first kappa shape index (κ1) is 19.8. The number of hydrogen-bond donors (Lipinski definition) is 0. The Balaban J connectivity index is 2.00. The summed E-state index contributed by atoms with van der Waals surface area (Å²) in [6, 6.07) is 34.2. The number of hydrogen-bond acceptors (Lipinski definition) is 2. The molecule has 1 heterocycles. The second kappa shape index (κ2) is 8.20. The van der Waals surface area contributed by atoms with Crippen LogP contribution in [0.3, 0.4) is 0 Å². The van der Waals surface area contributed by atoms with Gasteiger partial charge in [0.25, 0.3) is 5.56 Å². The number of ether oxygens (including phenoxy) is 1. The van der Waals surface area contributed by atoms with Gasteiger partial charge < -0.3 is 4.74 Å². The van der Waals surface area contributed by atoms with E-state index in [0.717, 1.165) is 44.8 Å². The van der Waals surface area contributed by atoms with Gasteiger partial charge in [0.05, 0.1) is 12.8 Å². The lowest BCUT2D eigenvalue weighted by molar-refractivity contribution is 0.414. The molecule has 3 heteroatoms. The fourth-order valence-corrected chi connectivity index (χ4v) is 4.26. The van der Waals surface area contributed by atoms with Gasteiger partial charge in [0.15, 0.2) is 0 Å². The van der Waals surface area contributed by atoms with Gasteiger partial charge in [0, 0.05) is 16.6 Å². The minimum atomic E-state index is -0.0348. The van der Waals surface area contributed by atoms with Crippen molar-refractivity contribution in [1.29, 1.82) is 0 Å². The van der Waals surface area contributed by atoms with Gasteiger partial charge in [0.1, 0.15) is 5.75 Å². The number of aryl methyl sites for hydroxylation is 1. The Kier molecular flexibility index (Phi) is 5.08. The first-order chi connectivity index (χ1) is 15.7. The highest BCUT2D eigenvalue weighted by atomic mass is 16.5. The summed E-state index contributed by atoms with van der Waals surface area (Å²) in [7, 11) is 1.64. The molecule has 1 aromatic heterocycles. The van der Waals surface area contributed by atoms with E-state index in [0.29, 0.717) is 5.39 Å². The Labute approximate surface area is 187 Å². The molecule has 0 fully saturated rings. The third-order valence-corrected chi connectivity index (χ3v) is 5.78. The molecule has 0 aliphatic heterocycles. The molecule has 0 saturated carbocycles. The van der Waals surface area contributed by atoms with E-state index < -0.39 is 0 Å². The van der Waals surface area contributed by atoms with E-state index in [4.69, 9.17) is 4.74 Å². The Bertz CT molecular complexity index is 1450. The van der Waals surface area contributed by atoms with Gasteiger partial charge in [0.2, 0.25) is 0 Å². The summed E-state index contributed by atoms with van der Waals surface area (Å²) in [5, 5.41) is 1.66. The molecular formula is C29H23NO2. The minimum Gasteiger partial charge on any atom is -0.497 e. The van der Waals surface area contributed by atoms with Crippen molar-refractivity contribution in [2.75, 3.05) is 7.11 Å². The summed E-state index contributed by atoms with van der Waals surface area (Å²) in [6.45, 7) is 2.02. The fourth-order valence-electron chi connectivity index (χ4n) is 4.26. The third kappa shape index (κ3) is 3.38. The van der Waals surface area contributed by atoms with Crippen molar-refractivity contribution in [3.8, 4) is 33.8 Å². The number of nitrogens with zero attached hydrogens (tertiary/aromatic N) is 1. The van der Waals surface area contributed by atoms with Crippen molar-refractivity contribution in [1.82, 2.24) is 4.57 Å². The zero-order valence-corrected chi connectivity index (χ0v) is 18.1. The molecule has 0 aliphatic carbocycles. The van der Waals surface area contributed by atoms with Gasteiger partial charge in [-0.2, -0.15) is 0 Å². The van der Waals surface area contributed by atoms with Crippen LogP contribution in [0.4, 0.5) is 0 Å². The Hall–Kier alpha value is -4.11. The molecule has 0 N–H and O–H groups in total. The zero-order chi connectivity index (χ0) is 22.1. The standard InChI is InChI=1S/C29H23NO2/c1-20-13-18-25-26(19-20)29(31)30(23-14-16-24(32-2)17-15-23)28(22-11-7-4-8-12-22)27(25)21-9-5-3-6-10-21/h3-19H,1-2H3. The second-order valence-electron chi connectivity index (χ2n) is 7.84. The maximum absolute atomic E-state index is 13.9. The van der Waals surface area contributed by atoms with Gasteiger partial charge in [-0.3, -0.25) is 9.36 Å². The van der Waals surface area contributed by atoms with E-state index in [1.807, 2.05) is 78.2 Å². The number of aromatic nitrogens is 1. The molecule has 5 aromatic rings. The van der Waals surface area contributed by atoms with Gasteiger partial charge in [-0.25, -0.2) is 0 Å². The maximum Gasteiger partial charge on any atom is 0.263 e. The Morgan fingerprint density at radius 1 is 0.688 bits per heavy atom. The highest BCUT2D eigenvalue weighted by Gasteiger charge is 2.20. The molecule has 0 atom stereocenters. The number of rotatable bonds is 4. The van der Waals surface area contributed by atoms with Crippen LogP contribution in [0.2, 0.25) is 0 Å². The number of pyridine rings is 1. The summed E-state index contributed by atoms with van der Waals surface area (Å²) < 4.78 is 7.17. The molecule has 4 aromatic carbocycles. The van der Waals surface area contributed by atoms with Crippen LogP contribution in [-0.4, -0.2) is 11.7 Å². The minimum absolute atomic E-state index is 0.0348. The van der Waals surface area contributed by atoms with Crippen LogP contribution in [-0.2, 0) is 0 Å². The average Bonchev–Trinajstić information content (AvgIpc) is 2.85. The molecule has 0 aliphatic rings. The zero-order valence-electron chi connectivity index (χ0n) is 18.1. The maximum atomic E-state index is 13.9. The van der Waals surface area contributed by atoms with Crippen molar-refractivity contribution in [2.24, 2.45) is 0 Å². The van der Waals surface area contributed by atoms with Crippen molar-refractivity contribution >= 4 is 10.8 Å². The van der Waals surface area contributed by atoms with E-state index in [1.165, 1.54) is 0 Å². The van der Waals surface area contributed by atoms with Crippen molar-refractivity contribution in [3.63, 3.8) is 0 Å². The molecule has 3 nitrogen and oxygen atoms in total. The van der Waals surface area contributed by atoms with Gasteiger partial charge >= 0.3 is 0 Å². The largest absolute Gasteiger partial charge is 0.497 e. The SMILES string of the molecule is COc1ccc(-n2c(-c3ccccc3)c(-c3ccccc3)c3ccc(C)cc3c2=O)cc1. The van der Waals surface area contributed by atoms with Crippen LogP contribution in [0, 0.1) is 6.92 Å². The monoisotopic (exact) mass is 417 g/mol. The van der Waals surface area contributed by atoms with E-state index in [2.05, 4.69) is 36.4 Å². The first-order valence-corrected chi connectivity index (χ1v) is 10.6. The van der Waals surface area contributed by atoms with E-state index in [1.54, 1.807) is 7.11 Å². The summed E-state index contributed by atoms with van der Waals surface area (Å²) >= 11 is 0. The van der Waals surface area contributed by atoms with Crippen LogP contribution in [0.5, 0.6) is 5.75 Å². The van der Waals surface area contributed by atoms with Gasteiger partial charge in [-0.1, -0.05) is 78.4 Å². The summed E-state index contributed by atoms with van der Waals surface area (Å²) in [5.41, 5.74) is 5.81. The Morgan fingerprint density at radius 3 is 1.94 bits per heavy atom. The topological polar surface area (TPSA) is 31.2 Å². The molecular weight excluding hydrogens is 394 g/mol. The van der Waals surface area contributed by atoms with Crippen LogP contribution < -0.4 is 10.3 Å². The number of fused-ring (bicyclic) bond motifs is 1. The molecule has 0 bridgehead atoms. The van der Waals surface area contributed by atoms with Crippen molar-refractivity contribution in [3.05, 3.63) is 119 Å². The molecule has 0 saturated heterocycles. The number of methoxy groups -OCH3 is 1. The van der Waals surface area contributed by atoms with E-state index >= 15 is 0 Å². The third-order valence-electron chi connectivity index (χ3n) is 5.78.